The maximum absolute atomic E-state index is 7.62. The summed E-state index contributed by atoms with van der Waals surface area (Å²) in [6.07, 6.45) is 0. The predicted molar refractivity (Wildman–Crippen MR) is 14.2 cm³/mol. The van der Waals surface area contributed by atoms with E-state index in [2.05, 4.69) is 0 Å². The topological polar surface area (TPSA) is 40.5 Å². The van der Waals surface area contributed by atoms with Gasteiger partial charge in [-0.2, -0.15) is 0 Å². The molecular weight excluding hydrogens is 154 g/mol. The van der Waals surface area contributed by atoms with Gasteiger partial charge in [0.1, 0.15) is 0 Å². The van der Waals surface area contributed by atoms with Gasteiger partial charge in [0.25, 0.3) is 0 Å². The summed E-state index contributed by atoms with van der Waals surface area (Å²) in [5.74, 6) is 0. The minimum absolute atomic E-state index is 0. The molecule has 5 heavy (non-hydrogen) atoms. The van der Waals surface area contributed by atoms with E-state index in [9.17, 15) is 0 Å². The summed E-state index contributed by atoms with van der Waals surface area (Å²) in [6.45, 7) is -0.250. The van der Waals surface area contributed by atoms with Gasteiger partial charge in [-0.15, -0.1) is 0 Å². The monoisotopic (exact) mass is 159 g/mol. The smallest absolute Gasteiger partial charge is 0.394 e. The molecule has 0 aromatic rings. The Morgan fingerprint density at radius 3 is 1.20 bits per heavy atom. The van der Waals surface area contributed by atoms with Crippen molar-refractivity contribution < 1.29 is 30.3 Å². The quantitative estimate of drug-likeness (QED) is 0.514. The number of hydrogen-bond donors (Lipinski definition) is 2. The molecule has 0 fully saturated rings. The Hall–Kier alpha value is 0.569. The second-order valence-corrected chi connectivity index (χ2v) is 0.447. The summed E-state index contributed by atoms with van der Waals surface area (Å²) < 4.78 is 0. The standard InChI is InChI=1S/C2H6O2.Tc/c3-1-2-4;/h3-4H,1-2H2;/q;+5. The van der Waals surface area contributed by atoms with Crippen molar-refractivity contribution in [2.24, 2.45) is 0 Å². The SMILES string of the molecule is OCCO.[Tc+5]. The van der Waals surface area contributed by atoms with Gasteiger partial charge in [0.2, 0.25) is 0 Å². The zero-order valence-corrected chi connectivity index (χ0v) is 4.54. The van der Waals surface area contributed by atoms with Crippen LogP contribution in [0.15, 0.2) is 0 Å². The molecule has 2 nitrogen and oxygen atoms in total. The molecule has 3 heteroatoms. The Morgan fingerprint density at radius 1 is 1.00 bits per heavy atom. The van der Waals surface area contributed by atoms with Crippen LogP contribution in [0.25, 0.3) is 0 Å². The van der Waals surface area contributed by atoms with E-state index in [1.54, 1.807) is 0 Å². The largest absolute Gasteiger partial charge is 5.00 e. The fraction of sp³-hybridized carbons (Fsp3) is 1.00. The van der Waals surface area contributed by atoms with E-state index in [1.165, 1.54) is 0 Å². The third-order valence-corrected chi connectivity index (χ3v) is 0.1000. The van der Waals surface area contributed by atoms with Gasteiger partial charge < -0.3 is 10.2 Å². The summed E-state index contributed by atoms with van der Waals surface area (Å²) in [7, 11) is 0. The first-order chi connectivity index (χ1) is 1.91. The molecule has 0 atom stereocenters. The van der Waals surface area contributed by atoms with E-state index < -0.39 is 0 Å². The summed E-state index contributed by atoms with van der Waals surface area (Å²) >= 11 is 0. The van der Waals surface area contributed by atoms with Crippen LogP contribution in [0.1, 0.15) is 0 Å². The van der Waals surface area contributed by atoms with Crippen LogP contribution in [-0.2, 0) is 20.1 Å². The summed E-state index contributed by atoms with van der Waals surface area (Å²) in [5.41, 5.74) is 0. The zero-order valence-electron chi connectivity index (χ0n) is 2.69. The van der Waals surface area contributed by atoms with Gasteiger partial charge in [-0.05, 0) is 0 Å². The first-order valence-corrected chi connectivity index (χ1v) is 1.13. The van der Waals surface area contributed by atoms with Gasteiger partial charge in [-0.1, -0.05) is 0 Å². The Bertz CT molecular complexity index is 9.61. The van der Waals surface area contributed by atoms with Crippen molar-refractivity contribution in [3.05, 3.63) is 0 Å². The fourth-order valence-corrected chi connectivity index (χ4v) is 0. The molecule has 0 aliphatic carbocycles. The Balaban J connectivity index is 0. The molecule has 0 rings (SSSR count). The van der Waals surface area contributed by atoms with Crippen molar-refractivity contribution in [1.29, 1.82) is 0 Å². The molecule has 0 aromatic heterocycles. The first-order valence-electron chi connectivity index (χ1n) is 1.13. The molecule has 0 aliphatic rings. The molecule has 0 saturated carbocycles. The molecule has 0 heterocycles. The molecule has 0 radical (unpaired) electrons. The van der Waals surface area contributed by atoms with Gasteiger partial charge >= 0.3 is 20.1 Å². The van der Waals surface area contributed by atoms with E-state index in [-0.39, 0.29) is 33.3 Å². The first kappa shape index (κ1) is 9.13. The molecule has 2 N–H and O–H groups in total. The zero-order chi connectivity index (χ0) is 3.41. The Labute approximate surface area is 44.2 Å². The van der Waals surface area contributed by atoms with Crippen LogP contribution in [-0.4, -0.2) is 23.4 Å². The van der Waals surface area contributed by atoms with Crippen LogP contribution in [0.3, 0.4) is 0 Å². The molecule has 28 valence electrons. The average Bonchev–Trinajstić information content (AvgIpc) is 1.37. The van der Waals surface area contributed by atoms with Gasteiger partial charge in [-0.3, -0.25) is 0 Å². The molecule has 0 aliphatic heterocycles. The van der Waals surface area contributed by atoms with E-state index in [0.29, 0.717) is 0 Å². The minimum atomic E-state index is -0.125. The van der Waals surface area contributed by atoms with E-state index >= 15 is 0 Å². The number of hydrogen-bond acceptors (Lipinski definition) is 2. The average molecular weight is 160 g/mol. The molecule has 0 saturated heterocycles. The number of aliphatic hydroxyl groups excluding tert-OH is 2. The Morgan fingerprint density at radius 2 is 1.20 bits per heavy atom. The van der Waals surface area contributed by atoms with Gasteiger partial charge in [0.05, 0.1) is 13.2 Å². The number of aliphatic hydroxyl groups is 2. The van der Waals surface area contributed by atoms with Crippen molar-refractivity contribution in [3.8, 4) is 0 Å². The summed E-state index contributed by atoms with van der Waals surface area (Å²) in [4.78, 5) is 0. The molecule has 0 amide bonds. The minimum Gasteiger partial charge on any atom is -0.394 e. The van der Waals surface area contributed by atoms with Crippen LogP contribution < -0.4 is 0 Å². The number of rotatable bonds is 1. The maximum atomic E-state index is 7.62. The van der Waals surface area contributed by atoms with E-state index in [0.717, 1.165) is 0 Å². The fourth-order valence-electron chi connectivity index (χ4n) is 0. The van der Waals surface area contributed by atoms with Crippen LogP contribution in [0.5, 0.6) is 0 Å². The van der Waals surface area contributed by atoms with Gasteiger partial charge in [0, 0.05) is 0 Å². The van der Waals surface area contributed by atoms with E-state index in [1.807, 2.05) is 0 Å². The van der Waals surface area contributed by atoms with Crippen molar-refractivity contribution >= 4 is 0 Å². The van der Waals surface area contributed by atoms with Crippen molar-refractivity contribution in [2.75, 3.05) is 13.2 Å². The second-order valence-electron chi connectivity index (χ2n) is 0.447. The molecule has 0 aromatic carbocycles. The van der Waals surface area contributed by atoms with E-state index in [4.69, 9.17) is 10.2 Å². The summed E-state index contributed by atoms with van der Waals surface area (Å²) in [6, 6.07) is 0. The molecular formula is C2H6O2Tc+5. The third kappa shape index (κ3) is 12.2. The summed E-state index contributed by atoms with van der Waals surface area (Å²) in [5, 5.41) is 15.2. The van der Waals surface area contributed by atoms with Crippen LogP contribution in [0, 0.1) is 0 Å². The Kier molecular flexibility index (Phi) is 16.1. The molecule has 0 spiro atoms. The van der Waals surface area contributed by atoms with Gasteiger partial charge in [0.15, 0.2) is 0 Å². The maximum Gasteiger partial charge on any atom is 5.00 e. The van der Waals surface area contributed by atoms with Gasteiger partial charge in [-0.25, -0.2) is 0 Å². The third-order valence-electron chi connectivity index (χ3n) is 0.1000. The van der Waals surface area contributed by atoms with Crippen LogP contribution in [0.4, 0.5) is 0 Å². The van der Waals surface area contributed by atoms with Crippen molar-refractivity contribution in [2.45, 2.75) is 0 Å². The normalized spacial score (nSPS) is 6.00. The van der Waals surface area contributed by atoms with Crippen molar-refractivity contribution in [1.82, 2.24) is 0 Å². The molecule has 0 unspecified atom stereocenters. The second kappa shape index (κ2) is 8.82. The van der Waals surface area contributed by atoms with Crippen molar-refractivity contribution in [3.63, 3.8) is 0 Å². The van der Waals surface area contributed by atoms with Crippen LogP contribution in [0.2, 0.25) is 0 Å². The van der Waals surface area contributed by atoms with Crippen LogP contribution >= 0.6 is 0 Å². The predicted octanol–water partition coefficient (Wildman–Crippen LogP) is -1.03. The molecule has 0 bridgehead atoms.